The van der Waals surface area contributed by atoms with Gasteiger partial charge in [0, 0.05) is 17.1 Å². The second-order valence-electron chi connectivity index (χ2n) is 7.33. The van der Waals surface area contributed by atoms with Crippen LogP contribution in [-0.4, -0.2) is 5.71 Å². The zero-order valence-corrected chi connectivity index (χ0v) is 18.7. The average molecular weight is 388 g/mol. The van der Waals surface area contributed by atoms with E-state index in [1.807, 2.05) is 19.1 Å². The molecule has 2 rings (SSSR count). The number of anilines is 1. The Balaban J connectivity index is 2.39. The molecule has 0 spiro atoms. The van der Waals surface area contributed by atoms with E-state index in [2.05, 4.69) is 70.3 Å². The van der Waals surface area contributed by atoms with Crippen molar-refractivity contribution in [3.63, 3.8) is 0 Å². The van der Waals surface area contributed by atoms with Crippen molar-refractivity contribution in [3.8, 4) is 6.07 Å². The molecule has 0 aliphatic carbocycles. The molecule has 0 bridgehead atoms. The Bertz CT molecular complexity index is 911. The summed E-state index contributed by atoms with van der Waals surface area (Å²) in [6.07, 6.45) is 5.82. The highest BCUT2D eigenvalue weighted by molar-refractivity contribution is 5.96. The summed E-state index contributed by atoms with van der Waals surface area (Å²) in [5.41, 5.74) is 9.91. The van der Waals surface area contributed by atoms with E-state index in [1.54, 1.807) is 0 Å². The van der Waals surface area contributed by atoms with E-state index in [9.17, 15) is 5.26 Å². The largest absolute Gasteiger partial charge is 0.359 e. The normalized spacial score (nSPS) is 12.0. The Morgan fingerprint density at radius 3 is 1.90 bits per heavy atom. The van der Waals surface area contributed by atoms with Crippen molar-refractivity contribution in [1.29, 1.82) is 5.26 Å². The minimum absolute atomic E-state index is 0.715. The van der Waals surface area contributed by atoms with Gasteiger partial charge in [0.2, 0.25) is 0 Å². The van der Waals surface area contributed by atoms with E-state index < -0.39 is 0 Å². The minimum atomic E-state index is 0.715. The molecular weight excluding hydrogens is 354 g/mol. The standard InChI is InChI=1S/C26H33N3/c1-7-21-12-11-13-22(8-2)25(21)28-18(5)14-19(6)29-26-23(9-3)15-20(17-27)16-24(26)10-4/h11-16,28H,7-10H2,1-6H3/b18-14-,29-19?. The maximum atomic E-state index is 9.29. The van der Waals surface area contributed by atoms with Crippen molar-refractivity contribution >= 4 is 17.1 Å². The number of benzene rings is 2. The van der Waals surface area contributed by atoms with Crippen LogP contribution in [0, 0.1) is 11.3 Å². The zero-order chi connectivity index (χ0) is 21.4. The van der Waals surface area contributed by atoms with Gasteiger partial charge in [-0.05, 0) is 80.0 Å². The molecular formula is C26H33N3. The summed E-state index contributed by atoms with van der Waals surface area (Å²) in [5, 5.41) is 12.9. The molecule has 0 aromatic heterocycles. The number of aliphatic imine (C=N–C) groups is 1. The van der Waals surface area contributed by atoms with Gasteiger partial charge in [0.15, 0.2) is 0 Å². The van der Waals surface area contributed by atoms with Crippen LogP contribution in [0.3, 0.4) is 0 Å². The molecule has 152 valence electrons. The molecule has 2 aromatic rings. The molecule has 0 radical (unpaired) electrons. The molecule has 1 N–H and O–H groups in total. The zero-order valence-electron chi connectivity index (χ0n) is 18.7. The number of nitrogens with zero attached hydrogens (tertiary/aromatic N) is 2. The van der Waals surface area contributed by atoms with Gasteiger partial charge in [-0.1, -0.05) is 45.9 Å². The van der Waals surface area contributed by atoms with Crippen LogP contribution < -0.4 is 5.32 Å². The smallest absolute Gasteiger partial charge is 0.0991 e. The molecule has 0 unspecified atom stereocenters. The van der Waals surface area contributed by atoms with E-state index in [1.165, 1.54) is 16.8 Å². The van der Waals surface area contributed by atoms with Crippen molar-refractivity contribution < 1.29 is 0 Å². The number of nitrogens with one attached hydrogen (secondary N) is 1. The van der Waals surface area contributed by atoms with Gasteiger partial charge in [-0.15, -0.1) is 0 Å². The molecule has 3 nitrogen and oxygen atoms in total. The van der Waals surface area contributed by atoms with Crippen LogP contribution >= 0.6 is 0 Å². The molecule has 0 saturated heterocycles. The van der Waals surface area contributed by atoms with Gasteiger partial charge < -0.3 is 5.32 Å². The maximum Gasteiger partial charge on any atom is 0.0991 e. The number of nitriles is 1. The van der Waals surface area contributed by atoms with Gasteiger partial charge in [0.1, 0.15) is 0 Å². The lowest BCUT2D eigenvalue weighted by atomic mass is 9.99. The molecule has 3 heteroatoms. The molecule has 0 aliphatic rings. The van der Waals surface area contributed by atoms with Crippen molar-refractivity contribution in [2.45, 2.75) is 67.2 Å². The first-order chi connectivity index (χ1) is 14.0. The van der Waals surface area contributed by atoms with E-state index in [0.29, 0.717) is 5.56 Å². The summed E-state index contributed by atoms with van der Waals surface area (Å²) in [6, 6.07) is 12.7. The summed E-state index contributed by atoms with van der Waals surface area (Å²) in [4.78, 5) is 4.93. The van der Waals surface area contributed by atoms with Gasteiger partial charge >= 0.3 is 0 Å². The monoisotopic (exact) mass is 387 g/mol. The molecule has 29 heavy (non-hydrogen) atoms. The third kappa shape index (κ3) is 5.57. The molecule has 0 atom stereocenters. The van der Waals surface area contributed by atoms with E-state index in [-0.39, 0.29) is 0 Å². The van der Waals surface area contributed by atoms with E-state index in [4.69, 9.17) is 4.99 Å². The quantitative estimate of drug-likeness (QED) is 0.500. The molecule has 0 aliphatic heterocycles. The minimum Gasteiger partial charge on any atom is -0.359 e. The Hall–Kier alpha value is -2.86. The van der Waals surface area contributed by atoms with Crippen LogP contribution in [0.4, 0.5) is 11.4 Å². The fraction of sp³-hybridized carbons (Fsp3) is 0.385. The van der Waals surface area contributed by atoms with Crippen LogP contribution in [0.15, 0.2) is 47.1 Å². The molecule has 0 amide bonds. The highest BCUT2D eigenvalue weighted by atomic mass is 14.9. The summed E-state index contributed by atoms with van der Waals surface area (Å²) in [5.74, 6) is 0. The summed E-state index contributed by atoms with van der Waals surface area (Å²) >= 11 is 0. The molecule has 0 fully saturated rings. The van der Waals surface area contributed by atoms with Crippen LogP contribution in [0.2, 0.25) is 0 Å². The number of hydrogen-bond donors (Lipinski definition) is 1. The van der Waals surface area contributed by atoms with Crippen LogP contribution in [-0.2, 0) is 25.7 Å². The first-order valence-corrected chi connectivity index (χ1v) is 10.6. The first kappa shape index (κ1) is 22.4. The van der Waals surface area contributed by atoms with Crippen molar-refractivity contribution in [2.24, 2.45) is 4.99 Å². The van der Waals surface area contributed by atoms with Crippen molar-refractivity contribution in [2.75, 3.05) is 5.32 Å². The lowest BCUT2D eigenvalue weighted by Crippen LogP contribution is -2.04. The molecule has 2 aromatic carbocycles. The average Bonchev–Trinajstić information content (AvgIpc) is 2.73. The predicted molar refractivity (Wildman–Crippen MR) is 125 cm³/mol. The van der Waals surface area contributed by atoms with Gasteiger partial charge in [0.05, 0.1) is 17.3 Å². The van der Waals surface area contributed by atoms with Gasteiger partial charge in [0.25, 0.3) is 0 Å². The van der Waals surface area contributed by atoms with Crippen LogP contribution in [0.5, 0.6) is 0 Å². The fourth-order valence-electron chi connectivity index (χ4n) is 3.67. The SMILES string of the molecule is CCc1cc(C#N)cc(CC)c1N=C(C)/C=C(/C)Nc1c(CC)cccc1CC. The highest BCUT2D eigenvalue weighted by Gasteiger charge is 2.09. The Kier molecular flexibility index (Phi) is 8.21. The summed E-state index contributed by atoms with van der Waals surface area (Å²) in [7, 11) is 0. The van der Waals surface area contributed by atoms with Crippen molar-refractivity contribution in [3.05, 3.63) is 69.9 Å². The predicted octanol–water partition coefficient (Wildman–Crippen LogP) is 6.92. The maximum absolute atomic E-state index is 9.29. The van der Waals surface area contributed by atoms with Crippen LogP contribution in [0.1, 0.15) is 69.4 Å². The Morgan fingerprint density at radius 2 is 1.45 bits per heavy atom. The second kappa shape index (κ2) is 10.6. The topological polar surface area (TPSA) is 48.2 Å². The number of allylic oxidation sites excluding steroid dienone is 2. The number of hydrogen-bond acceptors (Lipinski definition) is 3. The van der Waals surface area contributed by atoms with E-state index >= 15 is 0 Å². The van der Waals surface area contributed by atoms with Gasteiger partial charge in [-0.25, -0.2) is 0 Å². The number of para-hydroxylation sites is 1. The first-order valence-electron chi connectivity index (χ1n) is 10.6. The Labute approximate surface area is 176 Å². The Morgan fingerprint density at radius 1 is 0.931 bits per heavy atom. The van der Waals surface area contributed by atoms with Crippen molar-refractivity contribution in [1.82, 2.24) is 0 Å². The summed E-state index contributed by atoms with van der Waals surface area (Å²) < 4.78 is 0. The van der Waals surface area contributed by atoms with Gasteiger partial charge in [-0.2, -0.15) is 5.26 Å². The van der Waals surface area contributed by atoms with Crippen LogP contribution in [0.25, 0.3) is 0 Å². The third-order valence-corrected chi connectivity index (χ3v) is 5.19. The van der Waals surface area contributed by atoms with E-state index in [0.717, 1.165) is 53.9 Å². The lowest BCUT2D eigenvalue weighted by molar-refractivity contribution is 1.07. The second-order valence-corrected chi connectivity index (χ2v) is 7.33. The fourth-order valence-corrected chi connectivity index (χ4v) is 3.67. The molecule has 0 saturated carbocycles. The highest BCUT2D eigenvalue weighted by Crippen LogP contribution is 2.28. The lowest BCUT2D eigenvalue weighted by Gasteiger charge is -2.16. The summed E-state index contributed by atoms with van der Waals surface area (Å²) in [6.45, 7) is 12.7. The molecule has 0 heterocycles. The van der Waals surface area contributed by atoms with Gasteiger partial charge in [-0.3, -0.25) is 4.99 Å². The third-order valence-electron chi connectivity index (χ3n) is 5.19. The number of aryl methyl sites for hydroxylation is 4. The number of rotatable bonds is 8.